The minimum atomic E-state index is -0.472. The molecule has 4 nitrogen and oxygen atoms in total. The highest BCUT2D eigenvalue weighted by molar-refractivity contribution is 5.51. The van der Waals surface area contributed by atoms with E-state index in [0.717, 1.165) is 17.1 Å². The zero-order chi connectivity index (χ0) is 11.4. The topological polar surface area (TPSA) is 60.9 Å². The predicted octanol–water partition coefficient (Wildman–Crippen LogP) is 2.08. The lowest BCUT2D eigenvalue weighted by Gasteiger charge is -2.12. The van der Waals surface area contributed by atoms with Crippen LogP contribution in [-0.4, -0.2) is 15.1 Å². The Labute approximate surface area is 94.4 Å². The number of hydrogen-bond acceptors (Lipinski definition) is 3. The molecule has 1 aromatic heterocycles. The Balaban J connectivity index is 2.09. The van der Waals surface area contributed by atoms with E-state index < -0.39 is 6.10 Å². The number of nitrogens with one attached hydrogen (secondary N) is 2. The van der Waals surface area contributed by atoms with E-state index in [1.54, 1.807) is 19.3 Å². The van der Waals surface area contributed by atoms with Crippen molar-refractivity contribution >= 4 is 5.69 Å². The van der Waals surface area contributed by atoms with E-state index >= 15 is 0 Å². The van der Waals surface area contributed by atoms with Crippen molar-refractivity contribution in [2.24, 2.45) is 0 Å². The first kappa shape index (κ1) is 10.7. The molecule has 0 amide bonds. The fourth-order valence-corrected chi connectivity index (χ4v) is 1.60. The third kappa shape index (κ3) is 2.41. The van der Waals surface area contributed by atoms with E-state index in [4.69, 9.17) is 0 Å². The van der Waals surface area contributed by atoms with Gasteiger partial charge in [0, 0.05) is 23.6 Å². The molecule has 2 rings (SSSR count). The molecule has 84 valence electrons. The van der Waals surface area contributed by atoms with Gasteiger partial charge in [-0.1, -0.05) is 18.2 Å². The summed E-state index contributed by atoms with van der Waals surface area (Å²) in [6, 6.07) is 7.72. The average molecular weight is 217 g/mol. The molecule has 0 spiro atoms. The summed E-state index contributed by atoms with van der Waals surface area (Å²) < 4.78 is 0. The number of hydrogen-bond donors (Lipinski definition) is 3. The fraction of sp³-hybridized carbons (Fsp3) is 0.250. The van der Waals surface area contributed by atoms with E-state index in [-0.39, 0.29) is 0 Å². The van der Waals surface area contributed by atoms with Crippen LogP contribution in [0.2, 0.25) is 0 Å². The number of para-hydroxylation sites is 1. The van der Waals surface area contributed by atoms with Crippen molar-refractivity contribution in [3.8, 4) is 0 Å². The van der Waals surface area contributed by atoms with Gasteiger partial charge in [-0.25, -0.2) is 4.98 Å². The van der Waals surface area contributed by atoms with Crippen LogP contribution in [0.25, 0.3) is 0 Å². The van der Waals surface area contributed by atoms with Gasteiger partial charge < -0.3 is 15.4 Å². The number of nitrogens with zero attached hydrogens (tertiary/aromatic N) is 1. The monoisotopic (exact) mass is 217 g/mol. The van der Waals surface area contributed by atoms with Crippen LogP contribution >= 0.6 is 0 Å². The van der Waals surface area contributed by atoms with Gasteiger partial charge in [0.1, 0.15) is 5.82 Å². The first-order chi connectivity index (χ1) is 7.77. The zero-order valence-electron chi connectivity index (χ0n) is 9.14. The maximum absolute atomic E-state index is 9.60. The van der Waals surface area contributed by atoms with Gasteiger partial charge in [-0.15, -0.1) is 0 Å². The summed E-state index contributed by atoms with van der Waals surface area (Å²) >= 11 is 0. The molecule has 0 aliphatic rings. The fourth-order valence-electron chi connectivity index (χ4n) is 1.60. The Hall–Kier alpha value is -1.81. The van der Waals surface area contributed by atoms with Crippen LogP contribution in [0.1, 0.15) is 24.4 Å². The van der Waals surface area contributed by atoms with E-state index in [9.17, 15) is 5.11 Å². The van der Waals surface area contributed by atoms with Gasteiger partial charge in [-0.05, 0) is 13.0 Å². The number of aliphatic hydroxyl groups excluding tert-OH is 1. The van der Waals surface area contributed by atoms with Gasteiger partial charge in [0.15, 0.2) is 0 Å². The lowest BCUT2D eigenvalue weighted by molar-refractivity contribution is 0.200. The molecule has 0 aliphatic carbocycles. The van der Waals surface area contributed by atoms with E-state index in [1.165, 1.54) is 0 Å². The summed E-state index contributed by atoms with van der Waals surface area (Å²) in [5.41, 5.74) is 1.84. The Kier molecular flexibility index (Phi) is 3.22. The number of anilines is 1. The molecule has 0 radical (unpaired) electrons. The van der Waals surface area contributed by atoms with Crippen molar-refractivity contribution in [3.05, 3.63) is 48.0 Å². The summed E-state index contributed by atoms with van der Waals surface area (Å²) in [7, 11) is 0. The Bertz CT molecular complexity index is 437. The van der Waals surface area contributed by atoms with Crippen molar-refractivity contribution in [1.82, 2.24) is 9.97 Å². The molecule has 0 saturated heterocycles. The van der Waals surface area contributed by atoms with E-state index in [0.29, 0.717) is 6.54 Å². The van der Waals surface area contributed by atoms with Crippen LogP contribution in [0.15, 0.2) is 36.7 Å². The average Bonchev–Trinajstić information content (AvgIpc) is 2.79. The summed E-state index contributed by atoms with van der Waals surface area (Å²) in [6.07, 6.45) is 3.04. The van der Waals surface area contributed by atoms with Crippen LogP contribution < -0.4 is 5.32 Å². The molecule has 0 aliphatic heterocycles. The smallest absolute Gasteiger partial charge is 0.125 e. The molecule has 0 fully saturated rings. The third-order valence-electron chi connectivity index (χ3n) is 2.41. The number of imidazole rings is 1. The molecular formula is C12H15N3O. The number of H-pyrrole nitrogens is 1. The molecule has 0 saturated carbocycles. The number of benzene rings is 1. The highest BCUT2D eigenvalue weighted by Gasteiger charge is 2.06. The standard InChI is InChI=1S/C12H15N3O/c1-9(16)10-4-2-3-5-11(10)15-8-12-13-6-7-14-12/h2-7,9,15-16H,8H2,1H3,(H,13,14). The lowest BCUT2D eigenvalue weighted by Crippen LogP contribution is -2.05. The van der Waals surface area contributed by atoms with Crippen LogP contribution in [0.4, 0.5) is 5.69 Å². The Morgan fingerprint density at radius 3 is 2.94 bits per heavy atom. The van der Waals surface area contributed by atoms with E-state index in [1.807, 2.05) is 24.3 Å². The first-order valence-corrected chi connectivity index (χ1v) is 5.26. The number of aliphatic hydroxyl groups is 1. The second-order valence-electron chi connectivity index (χ2n) is 3.65. The van der Waals surface area contributed by atoms with E-state index in [2.05, 4.69) is 15.3 Å². The number of aromatic amines is 1. The van der Waals surface area contributed by atoms with Crippen molar-refractivity contribution in [1.29, 1.82) is 0 Å². The molecule has 3 N–H and O–H groups in total. The Morgan fingerprint density at radius 2 is 2.25 bits per heavy atom. The maximum Gasteiger partial charge on any atom is 0.125 e. The highest BCUT2D eigenvalue weighted by Crippen LogP contribution is 2.22. The zero-order valence-corrected chi connectivity index (χ0v) is 9.14. The van der Waals surface area contributed by atoms with Crippen molar-refractivity contribution in [2.45, 2.75) is 19.6 Å². The van der Waals surface area contributed by atoms with Gasteiger partial charge in [-0.2, -0.15) is 0 Å². The molecule has 16 heavy (non-hydrogen) atoms. The number of aromatic nitrogens is 2. The van der Waals surface area contributed by atoms with Crippen molar-refractivity contribution < 1.29 is 5.11 Å². The second kappa shape index (κ2) is 4.81. The third-order valence-corrected chi connectivity index (χ3v) is 2.41. The normalized spacial score (nSPS) is 12.4. The second-order valence-corrected chi connectivity index (χ2v) is 3.65. The SMILES string of the molecule is CC(O)c1ccccc1NCc1ncc[nH]1. The summed E-state index contributed by atoms with van der Waals surface area (Å²) in [6.45, 7) is 2.38. The molecule has 4 heteroatoms. The molecular weight excluding hydrogens is 202 g/mol. The lowest BCUT2D eigenvalue weighted by atomic mass is 10.1. The van der Waals surface area contributed by atoms with Crippen LogP contribution in [-0.2, 0) is 6.54 Å². The molecule has 0 bridgehead atoms. The van der Waals surface area contributed by atoms with Gasteiger partial charge >= 0.3 is 0 Å². The van der Waals surface area contributed by atoms with Crippen LogP contribution in [0, 0.1) is 0 Å². The predicted molar refractivity (Wildman–Crippen MR) is 63.0 cm³/mol. The minimum absolute atomic E-state index is 0.472. The summed E-state index contributed by atoms with van der Waals surface area (Å²) in [4.78, 5) is 7.15. The van der Waals surface area contributed by atoms with Crippen molar-refractivity contribution in [2.75, 3.05) is 5.32 Å². The maximum atomic E-state index is 9.60. The number of rotatable bonds is 4. The highest BCUT2D eigenvalue weighted by atomic mass is 16.3. The van der Waals surface area contributed by atoms with Gasteiger partial charge in [0.25, 0.3) is 0 Å². The van der Waals surface area contributed by atoms with Crippen molar-refractivity contribution in [3.63, 3.8) is 0 Å². The van der Waals surface area contributed by atoms with Gasteiger partial charge in [-0.3, -0.25) is 0 Å². The van der Waals surface area contributed by atoms with Gasteiger partial charge in [0.05, 0.1) is 12.6 Å². The Morgan fingerprint density at radius 1 is 1.44 bits per heavy atom. The largest absolute Gasteiger partial charge is 0.389 e. The summed E-state index contributed by atoms with van der Waals surface area (Å²) in [5.74, 6) is 0.875. The summed E-state index contributed by atoms with van der Waals surface area (Å²) in [5, 5.41) is 12.8. The molecule has 1 atom stereocenters. The van der Waals surface area contributed by atoms with Crippen LogP contribution in [0.5, 0.6) is 0 Å². The minimum Gasteiger partial charge on any atom is -0.389 e. The van der Waals surface area contributed by atoms with Crippen LogP contribution in [0.3, 0.4) is 0 Å². The molecule has 1 unspecified atom stereocenters. The molecule has 2 aromatic rings. The quantitative estimate of drug-likeness (QED) is 0.734. The first-order valence-electron chi connectivity index (χ1n) is 5.26. The molecule has 1 aromatic carbocycles. The van der Waals surface area contributed by atoms with Gasteiger partial charge in [0.2, 0.25) is 0 Å². The molecule has 1 heterocycles.